The van der Waals surface area contributed by atoms with Gasteiger partial charge in [-0.15, -0.1) is 0 Å². The van der Waals surface area contributed by atoms with Gasteiger partial charge in [0.15, 0.2) is 19.6 Å². The summed E-state index contributed by atoms with van der Waals surface area (Å²) in [5.74, 6) is 1.75. The highest BCUT2D eigenvalue weighted by atomic mass is 32.2. The minimum atomic E-state index is -2.80. The molecular weight excluding hydrogens is 635 g/mol. The van der Waals surface area contributed by atoms with Crippen LogP contribution in [0.5, 0.6) is 11.5 Å². The minimum absolute atomic E-state index is 0.875. The Bertz CT molecular complexity index is 2320. The van der Waals surface area contributed by atoms with Crippen molar-refractivity contribution in [3.8, 4) is 11.5 Å². The van der Waals surface area contributed by atoms with Crippen molar-refractivity contribution in [2.75, 3.05) is 4.90 Å². The molecule has 228 valence electrons. The van der Waals surface area contributed by atoms with E-state index in [2.05, 4.69) is 181 Å². The molecule has 1 spiro atoms. The van der Waals surface area contributed by atoms with Gasteiger partial charge in [-0.3, -0.25) is 0 Å². The third kappa shape index (κ3) is 3.69. The normalized spacial score (nSPS) is 17.6. The van der Waals surface area contributed by atoms with Gasteiger partial charge in [0.05, 0.1) is 11.4 Å². The lowest BCUT2D eigenvalue weighted by molar-refractivity contribution is 0.477. The SMILES string of the molecule is C[Si]1(c2ccccc2)c2ccccc2[Si]2(c3ccccc3Sc3ccccc32)c2cc(N3c4ccccc4Oc4ccccc43)ccc21. The predicted molar refractivity (Wildman–Crippen MR) is 206 cm³/mol. The molecule has 1 atom stereocenters. The molecule has 7 aromatic rings. The Hall–Kier alpha value is -5.08. The minimum Gasteiger partial charge on any atom is -0.453 e. The highest BCUT2D eigenvalue weighted by Crippen LogP contribution is 2.50. The fourth-order valence-electron chi connectivity index (χ4n) is 8.59. The number of benzene rings is 7. The summed E-state index contributed by atoms with van der Waals surface area (Å²) >= 11 is 1.93. The maximum Gasteiger partial charge on any atom is 0.181 e. The Labute approximate surface area is 287 Å². The first-order valence-corrected chi connectivity index (χ1v) is 21.8. The molecule has 0 fully saturated rings. The lowest BCUT2D eigenvalue weighted by Crippen LogP contribution is -2.90. The van der Waals surface area contributed by atoms with Crippen molar-refractivity contribution in [1.82, 2.24) is 0 Å². The molecule has 1 unspecified atom stereocenters. The molecule has 48 heavy (non-hydrogen) atoms. The standard InChI is InChI=1S/C43H31NOSSi2/c1-47(31-15-3-2-4-16-31)40-25-13-14-26-42(40)48(38-23-11-9-21-36(38)46-37-22-10-12-24-39(37)48)43-29-30(27-28-41(43)47)44-32-17-5-7-19-34(32)45-35-20-8-6-18-33(35)44/h2-29H,1H3. The van der Waals surface area contributed by atoms with E-state index in [-0.39, 0.29) is 0 Å². The molecule has 0 amide bonds. The molecule has 0 saturated heterocycles. The summed E-state index contributed by atoms with van der Waals surface area (Å²) in [6, 6.07) is 63.6. The van der Waals surface area contributed by atoms with E-state index in [4.69, 9.17) is 4.74 Å². The Kier molecular flexibility index (Phi) is 6.10. The molecule has 0 bridgehead atoms. The number of ether oxygens (including phenoxy) is 1. The maximum atomic E-state index is 6.45. The average molecular weight is 666 g/mol. The van der Waals surface area contributed by atoms with Crippen molar-refractivity contribution in [3.63, 3.8) is 0 Å². The number of fused-ring (bicyclic) bond motifs is 10. The van der Waals surface area contributed by atoms with Gasteiger partial charge in [-0.05, 0) is 84.8 Å². The van der Waals surface area contributed by atoms with Gasteiger partial charge in [-0.2, -0.15) is 0 Å². The second-order valence-electron chi connectivity index (χ2n) is 13.0. The second-order valence-corrected chi connectivity index (χ2v) is 21.6. The van der Waals surface area contributed by atoms with Crippen molar-refractivity contribution in [3.05, 3.63) is 170 Å². The van der Waals surface area contributed by atoms with Crippen LogP contribution in [0.15, 0.2) is 180 Å². The third-order valence-corrected chi connectivity index (χ3v) is 22.1. The van der Waals surface area contributed by atoms with Gasteiger partial charge in [0.1, 0.15) is 8.07 Å². The van der Waals surface area contributed by atoms with Crippen LogP contribution in [0, 0.1) is 0 Å². The van der Waals surface area contributed by atoms with Crippen LogP contribution in [0.2, 0.25) is 6.55 Å². The van der Waals surface area contributed by atoms with E-state index in [1.54, 1.807) is 5.19 Å². The quantitative estimate of drug-likeness (QED) is 0.195. The van der Waals surface area contributed by atoms with Crippen LogP contribution in [0.1, 0.15) is 0 Å². The monoisotopic (exact) mass is 665 g/mol. The Balaban J connectivity index is 1.36. The summed E-state index contributed by atoms with van der Waals surface area (Å²) in [5.41, 5.74) is 3.29. The number of rotatable bonds is 2. The van der Waals surface area contributed by atoms with Crippen molar-refractivity contribution < 1.29 is 4.74 Å². The number of hydrogen-bond donors (Lipinski definition) is 0. The Morgan fingerprint density at radius 1 is 0.458 bits per heavy atom. The van der Waals surface area contributed by atoms with Crippen LogP contribution in [-0.4, -0.2) is 16.1 Å². The molecule has 7 aromatic carbocycles. The van der Waals surface area contributed by atoms with Crippen molar-refractivity contribution in [2.24, 2.45) is 0 Å². The molecule has 10 rings (SSSR count). The summed E-state index contributed by atoms with van der Waals surface area (Å²) in [4.78, 5) is 5.16. The third-order valence-electron chi connectivity index (χ3n) is 10.7. The van der Waals surface area contributed by atoms with E-state index in [9.17, 15) is 0 Å². The number of nitrogens with zero attached hydrogens (tertiary/aromatic N) is 1. The van der Waals surface area contributed by atoms with Gasteiger partial charge in [0, 0.05) is 15.5 Å². The van der Waals surface area contributed by atoms with Gasteiger partial charge < -0.3 is 9.64 Å². The van der Waals surface area contributed by atoms with Crippen molar-refractivity contribution >= 4 is 81.3 Å². The lowest BCUT2D eigenvalue weighted by Gasteiger charge is -2.49. The zero-order chi connectivity index (χ0) is 31.9. The van der Waals surface area contributed by atoms with E-state index in [0.29, 0.717) is 0 Å². The molecule has 0 N–H and O–H groups in total. The van der Waals surface area contributed by atoms with Crippen LogP contribution in [0.3, 0.4) is 0 Å². The predicted octanol–water partition coefficient (Wildman–Crippen LogP) is 6.52. The van der Waals surface area contributed by atoms with Gasteiger partial charge in [-0.25, -0.2) is 0 Å². The van der Waals surface area contributed by atoms with Gasteiger partial charge in [0.2, 0.25) is 0 Å². The summed E-state index contributed by atoms with van der Waals surface area (Å²) in [7, 11) is -5.23. The first-order valence-electron chi connectivity index (χ1n) is 16.5. The smallest absolute Gasteiger partial charge is 0.181 e. The number of anilines is 3. The van der Waals surface area contributed by atoms with E-state index in [0.717, 1.165) is 22.9 Å². The summed E-state index contributed by atoms with van der Waals surface area (Å²) in [6.45, 7) is 2.58. The molecule has 0 aromatic heterocycles. The highest BCUT2D eigenvalue weighted by molar-refractivity contribution is 8.00. The summed E-state index contributed by atoms with van der Waals surface area (Å²) < 4.78 is 6.45. The molecule has 3 aliphatic heterocycles. The summed E-state index contributed by atoms with van der Waals surface area (Å²) in [6.07, 6.45) is 0. The van der Waals surface area contributed by atoms with E-state index in [1.807, 2.05) is 11.8 Å². The lowest BCUT2D eigenvalue weighted by atomic mass is 10.1. The highest BCUT2D eigenvalue weighted by Gasteiger charge is 2.56. The van der Waals surface area contributed by atoms with E-state index >= 15 is 0 Å². The van der Waals surface area contributed by atoms with Crippen LogP contribution in [0.25, 0.3) is 0 Å². The largest absolute Gasteiger partial charge is 0.453 e. The molecule has 2 nitrogen and oxygen atoms in total. The number of hydrogen-bond acceptors (Lipinski definition) is 3. The fourth-order valence-corrected chi connectivity index (χ4v) is 22.2. The van der Waals surface area contributed by atoms with E-state index in [1.165, 1.54) is 46.6 Å². The topological polar surface area (TPSA) is 12.5 Å². The van der Waals surface area contributed by atoms with Crippen molar-refractivity contribution in [1.29, 1.82) is 0 Å². The van der Waals surface area contributed by atoms with Crippen LogP contribution in [-0.2, 0) is 0 Å². The molecule has 5 heteroatoms. The average Bonchev–Trinajstić information content (AvgIpc) is 3.15. The zero-order valence-electron chi connectivity index (χ0n) is 26.4. The molecule has 0 radical (unpaired) electrons. The zero-order valence-corrected chi connectivity index (χ0v) is 29.2. The van der Waals surface area contributed by atoms with Crippen LogP contribution >= 0.6 is 11.8 Å². The summed E-state index contributed by atoms with van der Waals surface area (Å²) in [5, 5.41) is 10.5. The van der Waals surface area contributed by atoms with Crippen molar-refractivity contribution in [2.45, 2.75) is 16.3 Å². The fraction of sp³-hybridized carbons (Fsp3) is 0.0233. The van der Waals surface area contributed by atoms with Crippen LogP contribution < -0.4 is 45.9 Å². The maximum absolute atomic E-state index is 6.45. The van der Waals surface area contributed by atoms with Gasteiger partial charge in [-0.1, -0.05) is 140 Å². The molecule has 0 aliphatic carbocycles. The molecule has 0 saturated carbocycles. The second kappa shape index (κ2) is 10.5. The van der Waals surface area contributed by atoms with Gasteiger partial charge >= 0.3 is 0 Å². The molecular formula is C43H31NOSSi2. The number of para-hydroxylation sites is 4. The van der Waals surface area contributed by atoms with E-state index < -0.39 is 16.1 Å². The first kappa shape index (κ1) is 28.0. The van der Waals surface area contributed by atoms with Crippen LogP contribution in [0.4, 0.5) is 17.1 Å². The Morgan fingerprint density at radius 3 is 1.60 bits per heavy atom. The Morgan fingerprint density at radius 2 is 0.958 bits per heavy atom. The first-order chi connectivity index (χ1) is 23.7. The molecule has 3 aliphatic rings. The molecule has 3 heterocycles. The van der Waals surface area contributed by atoms with Gasteiger partial charge in [0.25, 0.3) is 0 Å².